The van der Waals surface area contributed by atoms with Crippen molar-refractivity contribution in [2.45, 2.75) is 26.8 Å². The van der Waals surface area contributed by atoms with Gasteiger partial charge in [0.25, 0.3) is 0 Å². The van der Waals surface area contributed by atoms with Gasteiger partial charge in [-0.05, 0) is 25.1 Å². The number of amides is 4. The van der Waals surface area contributed by atoms with Gasteiger partial charge >= 0.3 is 6.03 Å². The first-order chi connectivity index (χ1) is 12.7. The van der Waals surface area contributed by atoms with Crippen molar-refractivity contribution >= 4 is 35.1 Å². The van der Waals surface area contributed by atoms with E-state index in [-0.39, 0.29) is 23.5 Å². The molecule has 0 spiro atoms. The fraction of sp³-hybridized carbons (Fsp3) is 0.500. The third-order valence-electron chi connectivity index (χ3n) is 4.45. The summed E-state index contributed by atoms with van der Waals surface area (Å²) in [5.41, 5.74) is 0.816. The Kier molecular flexibility index (Phi) is 7.01. The van der Waals surface area contributed by atoms with Crippen LogP contribution in [-0.2, 0) is 9.59 Å². The highest BCUT2D eigenvalue weighted by Crippen LogP contribution is 2.26. The monoisotopic (exact) mass is 398 g/mol. The van der Waals surface area contributed by atoms with Crippen LogP contribution in [0.2, 0.25) is 5.02 Å². The zero-order valence-electron chi connectivity index (χ0n) is 15.6. The molecular weight excluding hydrogens is 375 g/mol. The van der Waals surface area contributed by atoms with Crippen LogP contribution in [0, 0.1) is 11.7 Å². The highest BCUT2D eigenvalue weighted by atomic mass is 35.5. The number of hydrogen-bond acceptors (Lipinski definition) is 4. The number of halogens is 2. The Bertz CT molecular complexity index is 731. The van der Waals surface area contributed by atoms with Crippen LogP contribution in [0.4, 0.5) is 14.9 Å². The van der Waals surface area contributed by atoms with Gasteiger partial charge in [0, 0.05) is 44.8 Å². The number of benzene rings is 1. The van der Waals surface area contributed by atoms with Crippen LogP contribution >= 0.6 is 11.6 Å². The van der Waals surface area contributed by atoms with Crippen LogP contribution in [0.25, 0.3) is 0 Å². The smallest absolute Gasteiger partial charge is 0.321 e. The number of imide groups is 1. The van der Waals surface area contributed by atoms with Gasteiger partial charge < -0.3 is 15.1 Å². The molecule has 148 valence electrons. The van der Waals surface area contributed by atoms with Crippen molar-refractivity contribution < 1.29 is 18.8 Å². The Morgan fingerprint density at radius 1 is 1.33 bits per heavy atom. The van der Waals surface area contributed by atoms with E-state index in [9.17, 15) is 18.8 Å². The SMILES string of the molecule is CC(=O)NC(=O)NC[C@H](C)C(=O)N1CCN(c2ccc(F)c(Cl)c2)[C@@H](C)C1. The van der Waals surface area contributed by atoms with Gasteiger partial charge in [0.05, 0.1) is 10.9 Å². The average molecular weight is 399 g/mol. The van der Waals surface area contributed by atoms with E-state index in [2.05, 4.69) is 15.5 Å². The van der Waals surface area contributed by atoms with E-state index < -0.39 is 23.7 Å². The molecule has 0 aliphatic carbocycles. The molecule has 0 unspecified atom stereocenters. The molecule has 1 aromatic carbocycles. The molecule has 0 radical (unpaired) electrons. The summed E-state index contributed by atoms with van der Waals surface area (Å²) in [4.78, 5) is 38.7. The molecule has 1 fully saturated rings. The molecule has 2 N–H and O–H groups in total. The molecular formula is C18H24ClFN4O3. The lowest BCUT2D eigenvalue weighted by Crippen LogP contribution is -2.55. The maximum Gasteiger partial charge on any atom is 0.321 e. The number of nitrogens with zero attached hydrogens (tertiary/aromatic N) is 2. The maximum atomic E-state index is 13.4. The number of carbonyl (C=O) groups excluding carboxylic acids is 3. The zero-order valence-corrected chi connectivity index (χ0v) is 16.3. The number of anilines is 1. The number of urea groups is 1. The highest BCUT2D eigenvalue weighted by molar-refractivity contribution is 6.31. The molecule has 0 saturated carbocycles. The first kappa shape index (κ1) is 21.0. The normalized spacial score (nSPS) is 18.0. The van der Waals surface area contributed by atoms with Crippen LogP contribution < -0.4 is 15.5 Å². The zero-order chi connectivity index (χ0) is 20.1. The maximum absolute atomic E-state index is 13.4. The predicted octanol–water partition coefficient (Wildman–Crippen LogP) is 2.00. The Hall–Kier alpha value is -2.35. The van der Waals surface area contributed by atoms with Gasteiger partial charge in [0.15, 0.2) is 0 Å². The third kappa shape index (κ3) is 5.56. The lowest BCUT2D eigenvalue weighted by molar-refractivity contribution is -0.135. The van der Waals surface area contributed by atoms with Gasteiger partial charge in [0.1, 0.15) is 5.82 Å². The Balaban J connectivity index is 1.90. The lowest BCUT2D eigenvalue weighted by Gasteiger charge is -2.42. The van der Waals surface area contributed by atoms with E-state index >= 15 is 0 Å². The second-order valence-corrected chi connectivity index (χ2v) is 7.12. The van der Waals surface area contributed by atoms with E-state index in [1.54, 1.807) is 24.0 Å². The largest absolute Gasteiger partial charge is 0.365 e. The Labute approximate surface area is 162 Å². The minimum Gasteiger partial charge on any atom is -0.365 e. The quantitative estimate of drug-likeness (QED) is 0.812. The molecule has 0 bridgehead atoms. The van der Waals surface area contributed by atoms with Gasteiger partial charge in [-0.1, -0.05) is 18.5 Å². The number of carbonyl (C=O) groups is 3. The van der Waals surface area contributed by atoms with E-state index in [0.29, 0.717) is 19.6 Å². The summed E-state index contributed by atoms with van der Waals surface area (Å²) in [7, 11) is 0. The molecule has 1 aliphatic heterocycles. The third-order valence-corrected chi connectivity index (χ3v) is 4.74. The predicted molar refractivity (Wildman–Crippen MR) is 101 cm³/mol. The van der Waals surface area contributed by atoms with Crippen LogP contribution in [0.5, 0.6) is 0 Å². The minimum atomic E-state index is -0.617. The summed E-state index contributed by atoms with van der Waals surface area (Å²) >= 11 is 5.87. The van der Waals surface area contributed by atoms with Crippen molar-refractivity contribution in [2.75, 3.05) is 31.1 Å². The van der Waals surface area contributed by atoms with E-state index in [1.807, 2.05) is 6.92 Å². The summed E-state index contributed by atoms with van der Waals surface area (Å²) in [6, 6.07) is 4.02. The summed E-state index contributed by atoms with van der Waals surface area (Å²) in [6.07, 6.45) is 0. The second-order valence-electron chi connectivity index (χ2n) is 6.72. The molecule has 2 atom stereocenters. The molecule has 1 aromatic rings. The molecule has 27 heavy (non-hydrogen) atoms. The lowest BCUT2D eigenvalue weighted by atomic mass is 10.1. The number of piperazine rings is 1. The summed E-state index contributed by atoms with van der Waals surface area (Å²) in [5.74, 6) is -1.40. The van der Waals surface area contributed by atoms with Crippen molar-refractivity contribution in [3.8, 4) is 0 Å². The van der Waals surface area contributed by atoms with Crippen molar-refractivity contribution in [1.29, 1.82) is 0 Å². The Morgan fingerprint density at radius 2 is 2.04 bits per heavy atom. The molecule has 2 rings (SSSR count). The van der Waals surface area contributed by atoms with Gasteiger partial charge in [0.2, 0.25) is 11.8 Å². The van der Waals surface area contributed by atoms with E-state index in [4.69, 9.17) is 11.6 Å². The van der Waals surface area contributed by atoms with Crippen molar-refractivity contribution in [1.82, 2.24) is 15.5 Å². The van der Waals surface area contributed by atoms with Gasteiger partial charge in [-0.25, -0.2) is 9.18 Å². The van der Waals surface area contributed by atoms with Gasteiger partial charge in [-0.2, -0.15) is 0 Å². The molecule has 7 nitrogen and oxygen atoms in total. The van der Waals surface area contributed by atoms with E-state index in [0.717, 1.165) is 5.69 Å². The topological polar surface area (TPSA) is 81.8 Å². The van der Waals surface area contributed by atoms with Gasteiger partial charge in [-0.15, -0.1) is 0 Å². The summed E-state index contributed by atoms with van der Waals surface area (Å²) in [6.45, 7) is 6.72. The minimum absolute atomic E-state index is 0.0328. The van der Waals surface area contributed by atoms with Gasteiger partial charge in [-0.3, -0.25) is 14.9 Å². The molecule has 1 heterocycles. The second kappa shape index (κ2) is 9.03. The van der Waals surface area contributed by atoms with Crippen LogP contribution in [0.1, 0.15) is 20.8 Å². The molecule has 0 aromatic heterocycles. The van der Waals surface area contributed by atoms with Crippen molar-refractivity contribution in [3.05, 3.63) is 29.0 Å². The Morgan fingerprint density at radius 3 is 2.63 bits per heavy atom. The first-order valence-electron chi connectivity index (χ1n) is 8.75. The fourth-order valence-electron chi connectivity index (χ4n) is 3.05. The molecule has 4 amide bonds. The van der Waals surface area contributed by atoms with Crippen LogP contribution in [-0.4, -0.2) is 55.0 Å². The summed E-state index contributed by atoms with van der Waals surface area (Å²) in [5, 5.41) is 4.68. The van der Waals surface area contributed by atoms with Crippen LogP contribution in [0.3, 0.4) is 0 Å². The summed E-state index contributed by atoms with van der Waals surface area (Å²) < 4.78 is 13.4. The molecule has 1 saturated heterocycles. The number of nitrogens with one attached hydrogen (secondary N) is 2. The standard InChI is InChI=1S/C18H24ClFN4O3/c1-11(9-21-18(27)22-13(3)25)17(26)23-6-7-24(12(2)10-23)14-4-5-16(20)15(19)8-14/h4-5,8,11-12H,6-7,9-10H2,1-3H3,(H2,21,22,25,27)/t11-,12-/m0/s1. The fourth-order valence-corrected chi connectivity index (χ4v) is 3.23. The van der Waals surface area contributed by atoms with Crippen LogP contribution in [0.15, 0.2) is 18.2 Å². The van der Waals surface area contributed by atoms with Crippen molar-refractivity contribution in [2.24, 2.45) is 5.92 Å². The van der Waals surface area contributed by atoms with Crippen molar-refractivity contribution in [3.63, 3.8) is 0 Å². The number of rotatable bonds is 4. The first-order valence-corrected chi connectivity index (χ1v) is 9.12. The average Bonchev–Trinajstić information content (AvgIpc) is 2.60. The highest BCUT2D eigenvalue weighted by Gasteiger charge is 2.29. The molecule has 9 heteroatoms. The molecule has 1 aliphatic rings. The number of hydrogen-bond donors (Lipinski definition) is 2. The van der Waals surface area contributed by atoms with E-state index in [1.165, 1.54) is 13.0 Å².